The molecule has 0 aliphatic heterocycles. The molecule has 1 atom stereocenters. The van der Waals surface area contributed by atoms with Crippen LogP contribution in [0.25, 0.3) is 0 Å². The van der Waals surface area contributed by atoms with Crippen molar-refractivity contribution in [2.75, 3.05) is 6.54 Å². The summed E-state index contributed by atoms with van der Waals surface area (Å²) in [6.07, 6.45) is 0. The lowest BCUT2D eigenvalue weighted by molar-refractivity contribution is 0.282. The van der Waals surface area contributed by atoms with Crippen molar-refractivity contribution < 1.29 is 5.11 Å². The normalized spacial score (nSPS) is 12.9. The lowest BCUT2D eigenvalue weighted by Crippen LogP contribution is -2.20. The number of aliphatic hydroxyl groups is 1. The lowest BCUT2D eigenvalue weighted by Gasteiger charge is -2.08. The molecule has 0 aromatic heterocycles. The van der Waals surface area contributed by atoms with Gasteiger partial charge in [-0.25, -0.2) is 0 Å². The first-order valence-corrected chi connectivity index (χ1v) is 3.93. The van der Waals surface area contributed by atoms with E-state index < -0.39 is 0 Å². The molecule has 66 valence electrons. The van der Waals surface area contributed by atoms with Crippen LogP contribution in [0.3, 0.4) is 0 Å². The molecule has 1 aromatic carbocycles. The summed E-state index contributed by atoms with van der Waals surface area (Å²) >= 11 is 0. The predicted octanol–water partition coefficient (Wildman–Crippen LogP) is 0.137. The molecule has 1 aromatic rings. The van der Waals surface area contributed by atoms with E-state index in [1.54, 1.807) is 0 Å². The third kappa shape index (κ3) is 2.04. The van der Waals surface area contributed by atoms with Crippen molar-refractivity contribution in [3.05, 3.63) is 35.4 Å². The number of hydrogen-bond donors (Lipinski definition) is 3. The van der Waals surface area contributed by atoms with Gasteiger partial charge in [-0.2, -0.15) is 0 Å². The molecule has 0 fully saturated rings. The molecule has 3 heteroatoms. The van der Waals surface area contributed by atoms with Crippen LogP contribution in [0.1, 0.15) is 17.2 Å². The van der Waals surface area contributed by atoms with Crippen molar-refractivity contribution >= 4 is 0 Å². The molecule has 0 radical (unpaired) electrons. The highest BCUT2D eigenvalue weighted by molar-refractivity contribution is 5.24. The molecule has 0 aliphatic carbocycles. The standard InChI is InChI=1S/C9H14N2O/c10-5-9(11)8-3-1-7(6-12)2-4-8/h1-4,9,12H,5-6,10-11H2. The van der Waals surface area contributed by atoms with Gasteiger partial charge in [0.1, 0.15) is 0 Å². The third-order valence-electron chi connectivity index (χ3n) is 1.84. The molecule has 0 amide bonds. The van der Waals surface area contributed by atoms with Crippen LogP contribution in [0.2, 0.25) is 0 Å². The minimum absolute atomic E-state index is 0.0676. The maximum atomic E-state index is 8.77. The molecule has 0 heterocycles. The van der Waals surface area contributed by atoms with Crippen molar-refractivity contribution in [1.82, 2.24) is 0 Å². The van der Waals surface area contributed by atoms with E-state index >= 15 is 0 Å². The maximum Gasteiger partial charge on any atom is 0.0681 e. The Hall–Kier alpha value is -0.900. The first kappa shape index (κ1) is 9.19. The highest BCUT2D eigenvalue weighted by Gasteiger charge is 2.01. The Morgan fingerprint density at radius 1 is 1.25 bits per heavy atom. The number of benzene rings is 1. The predicted molar refractivity (Wildman–Crippen MR) is 48.3 cm³/mol. The minimum atomic E-state index is -0.0993. The Bertz CT molecular complexity index is 233. The minimum Gasteiger partial charge on any atom is -0.392 e. The molecule has 3 nitrogen and oxygen atoms in total. The van der Waals surface area contributed by atoms with Gasteiger partial charge < -0.3 is 16.6 Å². The largest absolute Gasteiger partial charge is 0.392 e. The lowest BCUT2D eigenvalue weighted by atomic mass is 10.1. The Morgan fingerprint density at radius 2 is 1.83 bits per heavy atom. The SMILES string of the molecule is NCC(N)c1ccc(CO)cc1. The molecule has 0 bridgehead atoms. The van der Waals surface area contributed by atoms with E-state index in [-0.39, 0.29) is 12.6 Å². The molecular formula is C9H14N2O. The smallest absolute Gasteiger partial charge is 0.0681 e. The zero-order chi connectivity index (χ0) is 8.97. The van der Waals surface area contributed by atoms with Crippen LogP contribution in [0.5, 0.6) is 0 Å². The molecule has 5 N–H and O–H groups in total. The van der Waals surface area contributed by atoms with Gasteiger partial charge in [-0.3, -0.25) is 0 Å². The zero-order valence-electron chi connectivity index (χ0n) is 6.90. The van der Waals surface area contributed by atoms with E-state index in [9.17, 15) is 0 Å². The number of hydrogen-bond acceptors (Lipinski definition) is 3. The quantitative estimate of drug-likeness (QED) is 0.598. The second kappa shape index (κ2) is 4.21. The monoisotopic (exact) mass is 166 g/mol. The van der Waals surface area contributed by atoms with E-state index in [2.05, 4.69) is 0 Å². The van der Waals surface area contributed by atoms with Crippen molar-refractivity contribution in [2.45, 2.75) is 12.6 Å². The molecule has 0 aliphatic rings. The topological polar surface area (TPSA) is 72.3 Å². The maximum absolute atomic E-state index is 8.77. The first-order valence-electron chi connectivity index (χ1n) is 3.93. The van der Waals surface area contributed by atoms with Gasteiger partial charge in [0.2, 0.25) is 0 Å². The fourth-order valence-corrected chi connectivity index (χ4v) is 1.01. The molecule has 0 saturated carbocycles. The van der Waals surface area contributed by atoms with Gasteiger partial charge in [-0.1, -0.05) is 24.3 Å². The van der Waals surface area contributed by atoms with Crippen LogP contribution in [-0.4, -0.2) is 11.7 Å². The molecular weight excluding hydrogens is 152 g/mol. The highest BCUT2D eigenvalue weighted by atomic mass is 16.3. The Labute approximate surface area is 72.0 Å². The second-order valence-corrected chi connectivity index (χ2v) is 2.74. The average molecular weight is 166 g/mol. The van der Waals surface area contributed by atoms with E-state index in [0.29, 0.717) is 6.54 Å². The summed E-state index contributed by atoms with van der Waals surface area (Å²) < 4.78 is 0. The summed E-state index contributed by atoms with van der Waals surface area (Å²) in [4.78, 5) is 0. The van der Waals surface area contributed by atoms with Crippen molar-refractivity contribution in [1.29, 1.82) is 0 Å². The molecule has 12 heavy (non-hydrogen) atoms. The fraction of sp³-hybridized carbons (Fsp3) is 0.333. The van der Waals surface area contributed by atoms with E-state index in [4.69, 9.17) is 16.6 Å². The number of rotatable bonds is 3. The highest BCUT2D eigenvalue weighted by Crippen LogP contribution is 2.10. The third-order valence-corrected chi connectivity index (χ3v) is 1.84. The summed E-state index contributed by atoms with van der Waals surface area (Å²) in [5.74, 6) is 0. The zero-order valence-corrected chi connectivity index (χ0v) is 6.90. The van der Waals surface area contributed by atoms with Crippen LogP contribution in [0.15, 0.2) is 24.3 Å². The molecule has 1 rings (SSSR count). The summed E-state index contributed by atoms with van der Waals surface area (Å²) in [6, 6.07) is 7.39. The van der Waals surface area contributed by atoms with Gasteiger partial charge >= 0.3 is 0 Å². The molecule has 0 spiro atoms. The Kier molecular flexibility index (Phi) is 3.22. The summed E-state index contributed by atoms with van der Waals surface area (Å²) in [5.41, 5.74) is 13.0. The average Bonchev–Trinajstić information content (AvgIpc) is 2.17. The number of nitrogens with two attached hydrogens (primary N) is 2. The van der Waals surface area contributed by atoms with Crippen molar-refractivity contribution in [3.63, 3.8) is 0 Å². The summed E-state index contributed by atoms with van der Waals surface area (Å²) in [6.45, 7) is 0.511. The Balaban J connectivity index is 2.77. The van der Waals surface area contributed by atoms with Crippen LogP contribution in [0.4, 0.5) is 0 Å². The molecule has 0 saturated heterocycles. The molecule has 1 unspecified atom stereocenters. The van der Waals surface area contributed by atoms with Gasteiger partial charge in [-0.05, 0) is 11.1 Å². The van der Waals surface area contributed by atoms with E-state index in [0.717, 1.165) is 11.1 Å². The van der Waals surface area contributed by atoms with E-state index in [1.807, 2.05) is 24.3 Å². The Morgan fingerprint density at radius 3 is 2.25 bits per heavy atom. The van der Waals surface area contributed by atoms with Gasteiger partial charge in [0.15, 0.2) is 0 Å². The van der Waals surface area contributed by atoms with Gasteiger partial charge in [-0.15, -0.1) is 0 Å². The van der Waals surface area contributed by atoms with Crippen molar-refractivity contribution in [3.8, 4) is 0 Å². The van der Waals surface area contributed by atoms with Crippen molar-refractivity contribution in [2.24, 2.45) is 11.5 Å². The second-order valence-electron chi connectivity index (χ2n) is 2.74. The number of aliphatic hydroxyl groups excluding tert-OH is 1. The van der Waals surface area contributed by atoms with Crippen LogP contribution < -0.4 is 11.5 Å². The van der Waals surface area contributed by atoms with Crippen LogP contribution >= 0.6 is 0 Å². The first-order chi connectivity index (χ1) is 5.77. The fourth-order valence-electron chi connectivity index (χ4n) is 1.01. The summed E-state index contributed by atoms with van der Waals surface area (Å²) in [7, 11) is 0. The van der Waals surface area contributed by atoms with Crippen LogP contribution in [0, 0.1) is 0 Å². The van der Waals surface area contributed by atoms with E-state index in [1.165, 1.54) is 0 Å². The van der Waals surface area contributed by atoms with Crippen LogP contribution in [-0.2, 0) is 6.61 Å². The summed E-state index contributed by atoms with van der Waals surface area (Å²) in [5, 5.41) is 8.77. The van der Waals surface area contributed by atoms with Gasteiger partial charge in [0.05, 0.1) is 6.61 Å². The van der Waals surface area contributed by atoms with Gasteiger partial charge in [0, 0.05) is 12.6 Å². The van der Waals surface area contributed by atoms with Gasteiger partial charge in [0.25, 0.3) is 0 Å².